The summed E-state index contributed by atoms with van der Waals surface area (Å²) >= 11 is 0. The van der Waals surface area contributed by atoms with Crippen molar-refractivity contribution in [3.63, 3.8) is 0 Å². The van der Waals surface area contributed by atoms with Crippen molar-refractivity contribution in [3.05, 3.63) is 0 Å². The highest BCUT2D eigenvalue weighted by Crippen LogP contribution is 2.53. The van der Waals surface area contributed by atoms with E-state index >= 15 is 0 Å². The van der Waals surface area contributed by atoms with Crippen LogP contribution in [0.3, 0.4) is 0 Å². The predicted octanol–water partition coefficient (Wildman–Crippen LogP) is 1.26. The van der Waals surface area contributed by atoms with Gasteiger partial charge in [-0.3, -0.25) is 4.79 Å². The first-order valence-corrected chi connectivity index (χ1v) is 4.94. The van der Waals surface area contributed by atoms with Gasteiger partial charge in [0, 0.05) is 0 Å². The van der Waals surface area contributed by atoms with E-state index in [0.717, 1.165) is 19.3 Å². The molecule has 0 heterocycles. The smallest absolute Gasteiger partial charge is 0.309 e. The maximum Gasteiger partial charge on any atom is 0.309 e. The van der Waals surface area contributed by atoms with Crippen LogP contribution in [0.25, 0.3) is 0 Å². The zero-order valence-electron chi connectivity index (χ0n) is 7.86. The number of aliphatic carboxylic acids is 1. The van der Waals surface area contributed by atoms with E-state index in [0.29, 0.717) is 12.3 Å². The van der Waals surface area contributed by atoms with Crippen molar-refractivity contribution in [3.8, 4) is 0 Å². The summed E-state index contributed by atoms with van der Waals surface area (Å²) in [5, 5.41) is 18.6. The molecule has 3 heteroatoms. The van der Waals surface area contributed by atoms with Crippen molar-refractivity contribution in [1.29, 1.82) is 0 Å². The van der Waals surface area contributed by atoms with Crippen molar-refractivity contribution >= 4 is 5.97 Å². The van der Waals surface area contributed by atoms with Crippen molar-refractivity contribution in [1.82, 2.24) is 0 Å². The maximum absolute atomic E-state index is 11.1. The number of hydrogen-bond donors (Lipinski definition) is 2. The van der Waals surface area contributed by atoms with Crippen LogP contribution < -0.4 is 0 Å². The molecule has 0 saturated heterocycles. The van der Waals surface area contributed by atoms with E-state index in [2.05, 4.69) is 0 Å². The molecule has 2 rings (SSSR count). The highest BCUT2D eigenvalue weighted by molar-refractivity contribution is 5.75. The fraction of sp³-hybridized carbons (Fsp3) is 0.900. The molecular formula is C10H16O3. The summed E-state index contributed by atoms with van der Waals surface area (Å²) in [5.74, 6) is -0.0531. The minimum atomic E-state index is -0.686. The van der Waals surface area contributed by atoms with Gasteiger partial charge in [-0.1, -0.05) is 0 Å². The molecule has 2 N–H and O–H groups in total. The Kier molecular flexibility index (Phi) is 1.88. The lowest BCUT2D eigenvalue weighted by Crippen LogP contribution is -2.33. The molecule has 0 amide bonds. The number of aliphatic hydroxyl groups excluding tert-OH is 1. The van der Waals surface area contributed by atoms with Crippen LogP contribution in [0.4, 0.5) is 0 Å². The Labute approximate surface area is 77.8 Å². The van der Waals surface area contributed by atoms with Gasteiger partial charge in [0.1, 0.15) is 0 Å². The Hall–Kier alpha value is -0.570. The molecule has 2 saturated carbocycles. The van der Waals surface area contributed by atoms with Crippen LogP contribution in [0, 0.1) is 17.3 Å². The van der Waals surface area contributed by atoms with Crippen LogP contribution in [-0.4, -0.2) is 22.3 Å². The Morgan fingerprint density at radius 1 is 1.38 bits per heavy atom. The molecule has 74 valence electrons. The van der Waals surface area contributed by atoms with Gasteiger partial charge in [0.25, 0.3) is 0 Å². The van der Waals surface area contributed by atoms with E-state index in [-0.39, 0.29) is 12.0 Å². The van der Waals surface area contributed by atoms with Gasteiger partial charge in [0.15, 0.2) is 0 Å². The molecule has 4 atom stereocenters. The van der Waals surface area contributed by atoms with Crippen LogP contribution in [-0.2, 0) is 4.79 Å². The van der Waals surface area contributed by atoms with E-state index in [9.17, 15) is 9.90 Å². The molecule has 2 aliphatic carbocycles. The lowest BCUT2D eigenvalue weighted by atomic mass is 9.77. The topological polar surface area (TPSA) is 57.5 Å². The van der Waals surface area contributed by atoms with Crippen molar-refractivity contribution < 1.29 is 15.0 Å². The Bertz CT molecular complexity index is 238. The zero-order valence-corrected chi connectivity index (χ0v) is 7.86. The summed E-state index contributed by atoms with van der Waals surface area (Å²) in [6.45, 7) is 1.83. The molecule has 0 aromatic heterocycles. The van der Waals surface area contributed by atoms with E-state index in [1.54, 1.807) is 0 Å². The second-order valence-corrected chi connectivity index (χ2v) is 4.85. The first-order chi connectivity index (χ1) is 6.02. The SMILES string of the molecule is CC1(C(=O)O)CC2CC(O)CC1C2. The molecule has 13 heavy (non-hydrogen) atoms. The molecule has 2 fully saturated rings. The molecule has 0 aliphatic heterocycles. The molecule has 0 aromatic carbocycles. The van der Waals surface area contributed by atoms with Crippen molar-refractivity contribution in [2.45, 2.75) is 38.7 Å². The Morgan fingerprint density at radius 3 is 2.69 bits per heavy atom. The number of hydrogen-bond acceptors (Lipinski definition) is 2. The minimum Gasteiger partial charge on any atom is -0.481 e. The molecule has 0 spiro atoms. The van der Waals surface area contributed by atoms with Crippen LogP contribution in [0.2, 0.25) is 0 Å². The minimum absolute atomic E-state index is 0.193. The third kappa shape index (κ3) is 1.26. The van der Waals surface area contributed by atoms with Crippen LogP contribution >= 0.6 is 0 Å². The molecule has 2 bridgehead atoms. The fourth-order valence-corrected chi connectivity index (χ4v) is 3.12. The average molecular weight is 184 g/mol. The Morgan fingerprint density at radius 2 is 2.08 bits per heavy atom. The van der Waals surface area contributed by atoms with Gasteiger partial charge in [-0.2, -0.15) is 0 Å². The van der Waals surface area contributed by atoms with E-state index in [4.69, 9.17) is 5.11 Å². The third-order valence-electron chi connectivity index (χ3n) is 3.88. The molecule has 0 aromatic rings. The van der Waals surface area contributed by atoms with Crippen molar-refractivity contribution in [2.24, 2.45) is 17.3 Å². The highest BCUT2D eigenvalue weighted by atomic mass is 16.4. The summed E-state index contributed by atoms with van der Waals surface area (Å²) in [7, 11) is 0. The standard InChI is InChI=1S/C10H16O3/c1-10(9(12)13)5-6-2-7(10)4-8(11)3-6/h6-8,11H,2-5H2,1H3,(H,12,13). The van der Waals surface area contributed by atoms with Gasteiger partial charge in [-0.15, -0.1) is 0 Å². The van der Waals surface area contributed by atoms with Crippen LogP contribution in [0.1, 0.15) is 32.6 Å². The quantitative estimate of drug-likeness (QED) is 0.645. The Balaban J connectivity index is 2.22. The summed E-state index contributed by atoms with van der Waals surface area (Å²) < 4.78 is 0. The normalized spacial score (nSPS) is 49.2. The summed E-state index contributed by atoms with van der Waals surface area (Å²) in [4.78, 5) is 11.1. The maximum atomic E-state index is 11.1. The van der Waals surface area contributed by atoms with Gasteiger partial charge in [0.05, 0.1) is 11.5 Å². The van der Waals surface area contributed by atoms with Gasteiger partial charge < -0.3 is 10.2 Å². The number of carboxylic acids is 1. The van der Waals surface area contributed by atoms with E-state index < -0.39 is 11.4 Å². The van der Waals surface area contributed by atoms with E-state index in [1.165, 1.54) is 0 Å². The van der Waals surface area contributed by atoms with Crippen molar-refractivity contribution in [2.75, 3.05) is 0 Å². The second kappa shape index (κ2) is 2.71. The van der Waals surface area contributed by atoms with Crippen LogP contribution in [0.5, 0.6) is 0 Å². The molecule has 0 radical (unpaired) electrons. The number of carbonyl (C=O) groups is 1. The monoisotopic (exact) mass is 184 g/mol. The van der Waals surface area contributed by atoms with Gasteiger partial charge >= 0.3 is 5.97 Å². The van der Waals surface area contributed by atoms with Gasteiger partial charge in [0.2, 0.25) is 0 Å². The largest absolute Gasteiger partial charge is 0.481 e. The van der Waals surface area contributed by atoms with E-state index in [1.807, 2.05) is 6.92 Å². The highest BCUT2D eigenvalue weighted by Gasteiger charge is 2.52. The number of fused-ring (bicyclic) bond motifs is 2. The predicted molar refractivity (Wildman–Crippen MR) is 47.2 cm³/mol. The third-order valence-corrected chi connectivity index (χ3v) is 3.88. The summed E-state index contributed by atoms with van der Waals surface area (Å²) in [5.41, 5.74) is -0.567. The average Bonchev–Trinajstić information content (AvgIpc) is 2.24. The lowest BCUT2D eigenvalue weighted by Gasteiger charge is -2.28. The molecule has 4 unspecified atom stereocenters. The molecule has 2 aliphatic rings. The first-order valence-electron chi connectivity index (χ1n) is 4.94. The van der Waals surface area contributed by atoms with Crippen LogP contribution in [0.15, 0.2) is 0 Å². The fourth-order valence-electron chi connectivity index (χ4n) is 3.12. The van der Waals surface area contributed by atoms with Gasteiger partial charge in [-0.05, 0) is 44.4 Å². The first kappa shape index (κ1) is 9.00. The number of carboxylic acid groups (broad SMARTS) is 1. The summed E-state index contributed by atoms with van der Waals surface area (Å²) in [6.07, 6.45) is 2.98. The zero-order chi connectivity index (χ0) is 9.64. The van der Waals surface area contributed by atoms with Gasteiger partial charge in [-0.25, -0.2) is 0 Å². The number of aliphatic hydroxyl groups is 1. The molecular weight excluding hydrogens is 168 g/mol. The lowest BCUT2D eigenvalue weighted by molar-refractivity contribution is -0.150. The summed E-state index contributed by atoms with van der Waals surface area (Å²) in [6, 6.07) is 0. The second-order valence-electron chi connectivity index (χ2n) is 4.85. The molecule has 3 nitrogen and oxygen atoms in total. The number of rotatable bonds is 1.